The molecule has 4 N–H and O–H groups in total. The number of para-hydroxylation sites is 1. The Morgan fingerprint density at radius 3 is 1.17 bits per heavy atom. The highest BCUT2D eigenvalue weighted by molar-refractivity contribution is 5.90. The van der Waals surface area contributed by atoms with E-state index in [4.69, 9.17) is 20.4 Å². The van der Waals surface area contributed by atoms with Gasteiger partial charge in [0, 0.05) is 72.3 Å². The number of carboxylic acids is 4. The van der Waals surface area contributed by atoms with Gasteiger partial charge in [-0.05, 0) is 204 Å². The number of carbonyl (C=O) groups is 4. The lowest BCUT2D eigenvalue weighted by Gasteiger charge is -2.09. The van der Waals surface area contributed by atoms with Crippen molar-refractivity contribution in [2.24, 2.45) is 0 Å². The minimum absolute atomic E-state index is 0.180. The molecule has 0 aliphatic rings. The second-order valence-corrected chi connectivity index (χ2v) is 20.3. The number of hydrogen-bond donors (Lipinski definition) is 4. The molecule has 0 atom stereocenters. The van der Waals surface area contributed by atoms with Gasteiger partial charge >= 0.3 is 30.2 Å². The van der Waals surface area contributed by atoms with Crippen LogP contribution in [0.2, 0.25) is 0 Å². The monoisotopic (exact) mass is 1180 g/mol. The number of aryl methyl sites for hydroxylation is 3. The first-order valence-electron chi connectivity index (χ1n) is 27.4. The number of carboxylic acid groups (broad SMARTS) is 4. The first-order valence-corrected chi connectivity index (χ1v) is 27.4. The van der Waals surface area contributed by atoms with Crippen LogP contribution in [0.25, 0.3) is 67.3 Å². The van der Waals surface area contributed by atoms with E-state index in [1.54, 1.807) is 77.6 Å². The fourth-order valence-corrected chi connectivity index (χ4v) is 9.33. The average Bonchev–Trinajstić information content (AvgIpc) is 3.63. The molecule has 88 heavy (non-hydrogen) atoms. The number of nitrogens with zero attached hydrogens (tertiary/aromatic N) is 4. The van der Waals surface area contributed by atoms with Crippen molar-refractivity contribution < 1.29 is 57.5 Å². The molecule has 440 valence electrons. The summed E-state index contributed by atoms with van der Waals surface area (Å²) in [6.07, 6.45) is 11.0. The minimum Gasteiger partial charge on any atom is -0.478 e. The first kappa shape index (κ1) is 60.9. The third-order valence-electron chi connectivity index (χ3n) is 14.0. The number of rotatable bonds is 13. The minimum atomic E-state index is -4.72. The van der Waals surface area contributed by atoms with Crippen molar-refractivity contribution in [1.82, 2.24) is 18.3 Å². The molecule has 0 aliphatic carbocycles. The molecule has 0 bridgehead atoms. The van der Waals surface area contributed by atoms with Crippen molar-refractivity contribution in [3.05, 3.63) is 307 Å². The summed E-state index contributed by atoms with van der Waals surface area (Å²) < 4.78 is 48.3. The van der Waals surface area contributed by atoms with Gasteiger partial charge in [-0.15, -0.1) is 13.2 Å². The maximum atomic E-state index is 12.2. The number of aromatic nitrogens is 4. The van der Waals surface area contributed by atoms with E-state index < -0.39 is 30.2 Å². The Morgan fingerprint density at radius 1 is 0.341 bits per heavy atom. The summed E-state index contributed by atoms with van der Waals surface area (Å²) in [5.41, 5.74) is 16.5. The molecule has 16 heteroatoms. The third-order valence-corrected chi connectivity index (χ3v) is 14.0. The van der Waals surface area contributed by atoms with E-state index in [1.165, 1.54) is 47.0 Å². The van der Waals surface area contributed by atoms with Crippen LogP contribution < -0.4 is 4.74 Å². The molecule has 0 aliphatic heterocycles. The number of ether oxygens (including phenoxy) is 1. The van der Waals surface area contributed by atoms with Crippen LogP contribution in [-0.4, -0.2) is 68.9 Å². The molecule has 0 saturated carbocycles. The first-order chi connectivity index (χ1) is 42.2. The van der Waals surface area contributed by atoms with Crippen LogP contribution in [0, 0.1) is 20.8 Å². The van der Waals surface area contributed by atoms with E-state index in [-0.39, 0.29) is 11.3 Å². The number of hydrogen-bond acceptors (Lipinski definition) is 5. The average molecular weight is 1180 g/mol. The molecule has 0 spiro atoms. The van der Waals surface area contributed by atoms with Gasteiger partial charge in [0.15, 0.2) is 0 Å². The summed E-state index contributed by atoms with van der Waals surface area (Å²) in [4.78, 5) is 43.6. The summed E-state index contributed by atoms with van der Waals surface area (Å²) in [7, 11) is 0. The highest BCUT2D eigenvalue weighted by Gasteiger charge is 2.31. The van der Waals surface area contributed by atoms with Gasteiger partial charge in [-0.3, -0.25) is 0 Å². The topological polar surface area (TPSA) is 178 Å². The molecule has 8 aromatic carbocycles. The Kier molecular flexibility index (Phi) is 19.0. The zero-order valence-electron chi connectivity index (χ0n) is 47.7. The second kappa shape index (κ2) is 27.4. The van der Waals surface area contributed by atoms with Gasteiger partial charge in [-0.1, -0.05) is 96.6 Å². The predicted molar refractivity (Wildman–Crippen MR) is 334 cm³/mol. The van der Waals surface area contributed by atoms with E-state index >= 15 is 0 Å². The summed E-state index contributed by atoms with van der Waals surface area (Å²) in [5, 5.41) is 35.8. The molecule has 4 heterocycles. The van der Waals surface area contributed by atoms with Crippen molar-refractivity contribution in [1.29, 1.82) is 0 Å². The van der Waals surface area contributed by atoms with E-state index in [2.05, 4.69) is 100 Å². The molecular weight excluding hydrogens is 1120 g/mol. The van der Waals surface area contributed by atoms with Crippen molar-refractivity contribution in [2.75, 3.05) is 0 Å². The van der Waals surface area contributed by atoms with Crippen LogP contribution in [0.1, 0.15) is 58.1 Å². The second-order valence-electron chi connectivity index (χ2n) is 20.3. The molecule has 12 aromatic rings. The van der Waals surface area contributed by atoms with E-state index in [0.29, 0.717) is 22.4 Å². The predicted octanol–water partition coefficient (Wildman–Crippen LogP) is 17.2. The number of halogens is 3. The Balaban J connectivity index is 0.000000140. The Morgan fingerprint density at radius 2 is 0.739 bits per heavy atom. The van der Waals surface area contributed by atoms with Crippen LogP contribution >= 0.6 is 0 Å². The molecule has 0 radical (unpaired) electrons. The van der Waals surface area contributed by atoms with Crippen LogP contribution in [0.15, 0.2) is 268 Å². The molecule has 0 fully saturated rings. The Bertz CT molecular complexity index is 4370. The van der Waals surface area contributed by atoms with Gasteiger partial charge in [-0.25, -0.2) is 19.2 Å². The summed E-state index contributed by atoms with van der Waals surface area (Å²) in [6, 6.07) is 65.4. The van der Waals surface area contributed by atoms with Gasteiger partial charge < -0.3 is 43.4 Å². The maximum absolute atomic E-state index is 12.2. The lowest BCUT2D eigenvalue weighted by molar-refractivity contribution is -0.274. The number of benzene rings is 8. The number of aromatic carboxylic acids is 4. The lowest BCUT2D eigenvalue weighted by atomic mass is 10.1. The van der Waals surface area contributed by atoms with E-state index in [1.807, 2.05) is 104 Å². The summed E-state index contributed by atoms with van der Waals surface area (Å²) in [6.45, 7) is 6.21. The molecule has 13 nitrogen and oxygen atoms in total. The lowest BCUT2D eigenvalue weighted by Crippen LogP contribution is -2.17. The zero-order valence-corrected chi connectivity index (χ0v) is 47.7. The van der Waals surface area contributed by atoms with Gasteiger partial charge in [0.2, 0.25) is 0 Å². The zero-order chi connectivity index (χ0) is 62.5. The van der Waals surface area contributed by atoms with Crippen molar-refractivity contribution in [3.8, 4) is 73.0 Å². The Hall–Kier alpha value is -11.7. The van der Waals surface area contributed by atoms with Crippen molar-refractivity contribution >= 4 is 23.9 Å². The SMILES string of the molecule is Cc1ccc(-n2ccc(-c3ccc(C(=O)O)cc3)c2)cc1.Cc1cccc(-n2ccc(-c3ccc(C(=O)O)cc3)c2)c1.Cc1ccccc1-n1ccc(-c2ccc(C(=O)O)cc2)c1.O=C(O)c1cccc(-c2ccn(-c3ccc(OC(F)(F)F)cc3)c2)c1. The van der Waals surface area contributed by atoms with Crippen LogP contribution in [0.4, 0.5) is 13.2 Å². The van der Waals surface area contributed by atoms with Gasteiger partial charge in [-0.2, -0.15) is 0 Å². The molecule has 0 saturated heterocycles. The molecular formula is C72H57F3N4O9. The van der Waals surface area contributed by atoms with Gasteiger partial charge in [0.25, 0.3) is 0 Å². The highest BCUT2D eigenvalue weighted by Crippen LogP contribution is 2.29. The maximum Gasteiger partial charge on any atom is 0.573 e. The standard InChI is InChI=1S/C18H12F3NO3.3C18H15NO2/c19-18(20,21)25-16-6-4-15(5-7-16)22-9-8-14(11-22)12-2-1-3-13(10-12)17(23)24;1-13-2-8-17(9-3-13)19-11-10-16(12-19)14-4-6-15(7-5-14)18(20)21;1-13-3-2-4-17(11-13)19-10-9-16(12-19)14-5-7-15(8-6-14)18(20)21;1-13-4-2-3-5-17(13)19-11-10-16(12-19)14-6-8-15(9-7-14)18(20)21/h1-11H,(H,23,24);3*2-12H,1H3,(H,20,21). The van der Waals surface area contributed by atoms with Gasteiger partial charge in [0.1, 0.15) is 5.75 Å². The van der Waals surface area contributed by atoms with Crippen molar-refractivity contribution in [2.45, 2.75) is 27.1 Å². The van der Waals surface area contributed by atoms with Crippen LogP contribution in [0.5, 0.6) is 5.75 Å². The molecule has 0 amide bonds. The summed E-state index contributed by atoms with van der Waals surface area (Å²) in [5.74, 6) is -4.02. The van der Waals surface area contributed by atoms with Gasteiger partial charge in [0.05, 0.1) is 22.3 Å². The van der Waals surface area contributed by atoms with Crippen LogP contribution in [0.3, 0.4) is 0 Å². The van der Waals surface area contributed by atoms with E-state index in [0.717, 1.165) is 61.6 Å². The fraction of sp³-hybridized carbons (Fsp3) is 0.0556. The number of alkyl halides is 3. The largest absolute Gasteiger partial charge is 0.573 e. The highest BCUT2D eigenvalue weighted by atomic mass is 19.4. The summed E-state index contributed by atoms with van der Waals surface area (Å²) >= 11 is 0. The third kappa shape index (κ3) is 16.0. The Labute approximate surface area is 504 Å². The fourth-order valence-electron chi connectivity index (χ4n) is 9.33. The quantitative estimate of drug-likeness (QED) is 0.0874. The normalized spacial score (nSPS) is 10.8. The molecule has 0 unspecified atom stereocenters. The van der Waals surface area contributed by atoms with E-state index in [9.17, 15) is 32.3 Å². The smallest absolute Gasteiger partial charge is 0.478 e. The van der Waals surface area contributed by atoms with Crippen molar-refractivity contribution in [3.63, 3.8) is 0 Å². The van der Waals surface area contributed by atoms with Crippen LogP contribution in [-0.2, 0) is 0 Å². The molecule has 4 aromatic heterocycles. The molecule has 12 rings (SSSR count).